The number of phenols is 1. The van der Waals surface area contributed by atoms with E-state index in [4.69, 9.17) is 9.72 Å². The van der Waals surface area contributed by atoms with Crippen molar-refractivity contribution in [2.75, 3.05) is 0 Å². The van der Waals surface area contributed by atoms with Gasteiger partial charge in [-0.25, -0.2) is 9.78 Å². The van der Waals surface area contributed by atoms with Crippen LogP contribution in [-0.2, 0) is 34.7 Å². The second-order valence-electron chi connectivity index (χ2n) is 7.42. The molecule has 3 aromatic rings. The summed E-state index contributed by atoms with van der Waals surface area (Å²) in [4.78, 5) is 30.2. The minimum Gasteiger partial charge on any atom is -0.508 e. The zero-order chi connectivity index (χ0) is 20.5. The first kappa shape index (κ1) is 17.9. The molecule has 1 unspecified atom stereocenters. The Morgan fingerprint density at radius 2 is 2.07 bits per heavy atom. The molecule has 0 saturated heterocycles. The van der Waals surface area contributed by atoms with E-state index in [1.807, 2.05) is 6.92 Å². The van der Waals surface area contributed by atoms with Crippen LogP contribution in [0.25, 0.3) is 22.3 Å². The molecule has 0 bridgehead atoms. The molecule has 147 valence electrons. The van der Waals surface area contributed by atoms with E-state index < -0.39 is 11.6 Å². The van der Waals surface area contributed by atoms with Crippen LogP contribution >= 0.6 is 0 Å². The number of cyclic esters (lactones) is 1. The molecule has 1 radical (unpaired) electrons. The molecular formula is C22H19N2O5. The number of esters is 1. The highest BCUT2D eigenvalue weighted by Crippen LogP contribution is 2.40. The molecule has 0 spiro atoms. The lowest BCUT2D eigenvalue weighted by Crippen LogP contribution is -2.44. The molecule has 29 heavy (non-hydrogen) atoms. The second-order valence-corrected chi connectivity index (χ2v) is 7.42. The van der Waals surface area contributed by atoms with Gasteiger partial charge in [-0.1, -0.05) is 13.8 Å². The third kappa shape index (κ3) is 2.25. The quantitative estimate of drug-likeness (QED) is 0.508. The lowest BCUT2D eigenvalue weighted by atomic mass is 9.86. The van der Waals surface area contributed by atoms with E-state index in [9.17, 15) is 19.8 Å². The van der Waals surface area contributed by atoms with E-state index in [1.165, 1.54) is 6.42 Å². The molecule has 0 saturated carbocycles. The fourth-order valence-electron chi connectivity index (χ4n) is 4.45. The van der Waals surface area contributed by atoms with Gasteiger partial charge in [-0.15, -0.1) is 0 Å². The number of pyridine rings is 2. The Bertz CT molecular complexity index is 1280. The number of carbonyl (C=O) groups is 1. The van der Waals surface area contributed by atoms with Crippen molar-refractivity contribution in [3.05, 3.63) is 63.3 Å². The van der Waals surface area contributed by atoms with E-state index in [0.29, 0.717) is 29.9 Å². The van der Waals surface area contributed by atoms with Gasteiger partial charge in [0.2, 0.25) is 0 Å². The van der Waals surface area contributed by atoms with Crippen molar-refractivity contribution < 1.29 is 19.7 Å². The number of benzene rings is 1. The number of hydrogen-bond donors (Lipinski definition) is 2. The van der Waals surface area contributed by atoms with E-state index >= 15 is 0 Å². The number of aromatic nitrogens is 2. The monoisotopic (exact) mass is 391 g/mol. The van der Waals surface area contributed by atoms with E-state index in [1.54, 1.807) is 35.8 Å². The van der Waals surface area contributed by atoms with Crippen molar-refractivity contribution in [2.24, 2.45) is 0 Å². The van der Waals surface area contributed by atoms with Crippen LogP contribution in [0.4, 0.5) is 0 Å². The van der Waals surface area contributed by atoms with Gasteiger partial charge in [0.1, 0.15) is 12.4 Å². The van der Waals surface area contributed by atoms with Gasteiger partial charge >= 0.3 is 5.97 Å². The van der Waals surface area contributed by atoms with Gasteiger partial charge in [0.05, 0.1) is 29.0 Å². The Morgan fingerprint density at radius 1 is 1.28 bits per heavy atom. The highest BCUT2D eigenvalue weighted by Gasteiger charge is 2.45. The minimum absolute atomic E-state index is 0.163. The maximum absolute atomic E-state index is 13.2. The third-order valence-corrected chi connectivity index (χ3v) is 5.99. The van der Waals surface area contributed by atoms with Gasteiger partial charge in [0, 0.05) is 22.9 Å². The molecule has 2 aliphatic rings. The van der Waals surface area contributed by atoms with Crippen LogP contribution < -0.4 is 5.56 Å². The van der Waals surface area contributed by atoms with Gasteiger partial charge in [-0.3, -0.25) is 4.79 Å². The number of aromatic hydroxyl groups is 1. The molecule has 2 N–H and O–H groups in total. The number of aryl methyl sites for hydroxylation is 1. The van der Waals surface area contributed by atoms with Crippen LogP contribution in [-0.4, -0.2) is 25.7 Å². The fourth-order valence-corrected chi connectivity index (χ4v) is 4.45. The molecular weight excluding hydrogens is 372 g/mol. The van der Waals surface area contributed by atoms with Gasteiger partial charge in [0.25, 0.3) is 5.56 Å². The smallest absolute Gasteiger partial charge is 0.343 e. The first-order chi connectivity index (χ1) is 13.9. The SMILES string of the molecule is C[CH]C1(O)C(=O)OCc2c1cc1n(c2=O)Cc2c-1nc1ccc(O)cc1c2CC. The minimum atomic E-state index is -1.96. The van der Waals surface area contributed by atoms with Crippen LogP contribution in [0, 0.1) is 6.42 Å². The van der Waals surface area contributed by atoms with E-state index in [-0.39, 0.29) is 29.0 Å². The molecule has 1 atom stereocenters. The predicted octanol–water partition coefficient (Wildman–Crippen LogP) is 2.16. The number of hydrogen-bond acceptors (Lipinski definition) is 6. The lowest BCUT2D eigenvalue weighted by Gasteiger charge is -2.31. The Hall–Kier alpha value is -3.19. The van der Waals surface area contributed by atoms with Crippen molar-refractivity contribution in [1.82, 2.24) is 9.55 Å². The number of rotatable bonds is 2. The average Bonchev–Trinajstić information content (AvgIpc) is 3.08. The Morgan fingerprint density at radius 3 is 2.79 bits per heavy atom. The molecule has 7 nitrogen and oxygen atoms in total. The third-order valence-electron chi connectivity index (χ3n) is 5.99. The summed E-state index contributed by atoms with van der Waals surface area (Å²) in [6.45, 7) is 3.76. The standard InChI is InChI=1S/C22H19N2O5/c1-3-12-13-7-11(25)5-6-17(13)23-19-14(12)9-24-18(19)8-16-15(20(24)26)10-29-21(27)22(16,28)4-2/h4-8,25,28H,3,9-10H2,1-2H3. The molecule has 0 fully saturated rings. The average molecular weight is 391 g/mol. The topological polar surface area (TPSA) is 102 Å². The summed E-state index contributed by atoms with van der Waals surface area (Å²) < 4.78 is 6.69. The molecule has 1 aromatic carbocycles. The lowest BCUT2D eigenvalue weighted by molar-refractivity contribution is -0.167. The van der Waals surface area contributed by atoms with Crippen molar-refractivity contribution in [1.29, 1.82) is 0 Å². The molecule has 0 aliphatic carbocycles. The number of carbonyl (C=O) groups excluding carboxylic acids is 1. The molecule has 4 heterocycles. The molecule has 0 amide bonds. The van der Waals surface area contributed by atoms with E-state index in [2.05, 4.69) is 0 Å². The van der Waals surface area contributed by atoms with Crippen LogP contribution in [0.3, 0.4) is 0 Å². The Labute approximate surface area is 166 Å². The molecule has 7 heteroatoms. The van der Waals surface area contributed by atoms with Crippen LogP contribution in [0.15, 0.2) is 29.1 Å². The number of fused-ring (bicyclic) bond motifs is 5. The highest BCUT2D eigenvalue weighted by molar-refractivity contribution is 5.90. The van der Waals surface area contributed by atoms with Gasteiger partial charge < -0.3 is 19.5 Å². The Balaban J connectivity index is 1.84. The summed E-state index contributed by atoms with van der Waals surface area (Å²) in [5.74, 6) is -0.623. The molecule has 2 aromatic heterocycles. The van der Waals surface area contributed by atoms with Crippen molar-refractivity contribution in [2.45, 2.75) is 39.0 Å². The van der Waals surface area contributed by atoms with E-state index in [0.717, 1.165) is 16.5 Å². The summed E-state index contributed by atoms with van der Waals surface area (Å²) in [5, 5.41) is 21.6. The first-order valence-corrected chi connectivity index (χ1v) is 9.51. The van der Waals surface area contributed by atoms with Crippen molar-refractivity contribution in [3.8, 4) is 17.1 Å². The fraction of sp³-hybridized carbons (Fsp3) is 0.273. The first-order valence-electron chi connectivity index (χ1n) is 9.51. The number of phenolic OH excluding ortho intramolecular Hbond substituents is 1. The largest absolute Gasteiger partial charge is 0.508 e. The summed E-state index contributed by atoms with van der Waals surface area (Å²) in [6.07, 6.45) is 2.05. The highest BCUT2D eigenvalue weighted by atomic mass is 16.6. The van der Waals surface area contributed by atoms with Gasteiger partial charge in [-0.2, -0.15) is 0 Å². The van der Waals surface area contributed by atoms with Gasteiger partial charge in [-0.05, 0) is 36.2 Å². The zero-order valence-electron chi connectivity index (χ0n) is 16.0. The number of nitrogens with zero attached hydrogens (tertiary/aromatic N) is 2. The van der Waals surface area contributed by atoms with Crippen LogP contribution in [0.1, 0.15) is 36.1 Å². The number of aliphatic hydroxyl groups is 1. The number of ether oxygens (including phenoxy) is 1. The molecule has 5 rings (SSSR count). The normalized spacial score (nSPS) is 19.6. The zero-order valence-corrected chi connectivity index (χ0v) is 16.0. The summed E-state index contributed by atoms with van der Waals surface area (Å²) in [6, 6.07) is 6.70. The van der Waals surface area contributed by atoms with Gasteiger partial charge in [0.15, 0.2) is 5.60 Å². The molecule has 2 aliphatic heterocycles. The van der Waals surface area contributed by atoms with Crippen LogP contribution in [0.5, 0.6) is 5.75 Å². The summed E-state index contributed by atoms with van der Waals surface area (Å²) in [7, 11) is 0. The summed E-state index contributed by atoms with van der Waals surface area (Å²) in [5.41, 5.74) is 2.18. The maximum atomic E-state index is 13.2. The maximum Gasteiger partial charge on any atom is 0.343 e. The Kier molecular flexibility index (Phi) is 3.64. The summed E-state index contributed by atoms with van der Waals surface area (Å²) >= 11 is 0. The predicted molar refractivity (Wildman–Crippen MR) is 105 cm³/mol. The van der Waals surface area contributed by atoms with Crippen molar-refractivity contribution in [3.63, 3.8) is 0 Å². The second kappa shape index (κ2) is 5.90. The van der Waals surface area contributed by atoms with Crippen LogP contribution in [0.2, 0.25) is 0 Å². The van der Waals surface area contributed by atoms with Crippen molar-refractivity contribution >= 4 is 16.9 Å².